The van der Waals surface area contributed by atoms with Gasteiger partial charge in [-0.3, -0.25) is 4.79 Å². The first-order valence-electron chi connectivity index (χ1n) is 6.58. The van der Waals surface area contributed by atoms with Crippen LogP contribution in [0.25, 0.3) is 0 Å². The number of carbonyl (C=O) groups excluding carboxylic acids is 1. The molecule has 2 N–H and O–H groups in total. The second-order valence-corrected chi connectivity index (χ2v) is 5.34. The smallest absolute Gasteiger partial charge is 0.224 e. The van der Waals surface area contributed by atoms with Crippen LogP contribution in [0.5, 0.6) is 0 Å². The van der Waals surface area contributed by atoms with Crippen LogP contribution in [0.1, 0.15) is 38.4 Å². The molecule has 0 bridgehead atoms. The Labute approximate surface area is 107 Å². The maximum atomic E-state index is 12.1. The molecule has 1 amide bonds. The lowest BCUT2D eigenvalue weighted by Gasteiger charge is -2.21. The van der Waals surface area contributed by atoms with Crippen LogP contribution in [-0.4, -0.2) is 23.7 Å². The molecule has 2 rings (SSSR count). The first-order valence-corrected chi connectivity index (χ1v) is 6.58. The first kappa shape index (κ1) is 13.1. The predicted octanol–water partition coefficient (Wildman–Crippen LogP) is 1.91. The number of aliphatic hydroxyl groups excluding tert-OH is 1. The monoisotopic (exact) mass is 251 g/mol. The second kappa shape index (κ2) is 5.57. The molecule has 1 fully saturated rings. The molecule has 100 valence electrons. The van der Waals surface area contributed by atoms with Gasteiger partial charge in [0.05, 0.1) is 6.26 Å². The van der Waals surface area contributed by atoms with E-state index in [2.05, 4.69) is 19.2 Å². The van der Waals surface area contributed by atoms with Gasteiger partial charge in [0.1, 0.15) is 5.76 Å². The molecule has 1 aromatic rings. The van der Waals surface area contributed by atoms with E-state index in [1.54, 1.807) is 6.26 Å². The van der Waals surface area contributed by atoms with Gasteiger partial charge in [-0.15, -0.1) is 0 Å². The Kier molecular flexibility index (Phi) is 4.07. The quantitative estimate of drug-likeness (QED) is 0.811. The summed E-state index contributed by atoms with van der Waals surface area (Å²) in [5, 5.41) is 12.0. The third-order valence-corrected chi connectivity index (χ3v) is 3.61. The fourth-order valence-electron chi connectivity index (χ4n) is 2.30. The number of rotatable bonds is 6. The van der Waals surface area contributed by atoms with E-state index in [0.717, 1.165) is 12.2 Å². The van der Waals surface area contributed by atoms with Gasteiger partial charge in [0.25, 0.3) is 0 Å². The molecule has 1 heterocycles. The highest BCUT2D eigenvalue weighted by Gasteiger charge is 2.46. The molecule has 1 saturated carbocycles. The largest absolute Gasteiger partial charge is 0.469 e. The van der Waals surface area contributed by atoms with Gasteiger partial charge in [0.2, 0.25) is 5.91 Å². The predicted molar refractivity (Wildman–Crippen MR) is 68.0 cm³/mol. The summed E-state index contributed by atoms with van der Waals surface area (Å²) in [5.41, 5.74) is 0. The normalized spacial score (nSPS) is 24.0. The van der Waals surface area contributed by atoms with E-state index < -0.39 is 0 Å². The van der Waals surface area contributed by atoms with Crippen LogP contribution in [-0.2, 0) is 4.79 Å². The summed E-state index contributed by atoms with van der Waals surface area (Å²) in [4.78, 5) is 12.1. The average Bonchev–Trinajstić information content (AvgIpc) is 2.95. The number of amides is 1. The van der Waals surface area contributed by atoms with Crippen molar-refractivity contribution in [1.82, 2.24) is 5.32 Å². The van der Waals surface area contributed by atoms with Gasteiger partial charge < -0.3 is 14.8 Å². The van der Waals surface area contributed by atoms with Gasteiger partial charge in [-0.25, -0.2) is 0 Å². The van der Waals surface area contributed by atoms with Crippen molar-refractivity contribution in [3.8, 4) is 0 Å². The fourth-order valence-corrected chi connectivity index (χ4v) is 2.30. The van der Waals surface area contributed by atoms with Crippen molar-refractivity contribution in [2.45, 2.75) is 38.6 Å². The number of hydrogen-bond donors (Lipinski definition) is 2. The summed E-state index contributed by atoms with van der Waals surface area (Å²) >= 11 is 0. The molecule has 3 atom stereocenters. The molecule has 1 aliphatic carbocycles. The Bertz CT molecular complexity index is 386. The minimum atomic E-state index is 0.0380. The van der Waals surface area contributed by atoms with E-state index in [-0.39, 0.29) is 30.4 Å². The summed E-state index contributed by atoms with van der Waals surface area (Å²) in [5.74, 6) is 1.60. The Morgan fingerprint density at radius 1 is 1.61 bits per heavy atom. The van der Waals surface area contributed by atoms with Crippen LogP contribution in [0.2, 0.25) is 0 Å². The van der Waals surface area contributed by atoms with Crippen molar-refractivity contribution in [3.05, 3.63) is 24.2 Å². The van der Waals surface area contributed by atoms with Crippen molar-refractivity contribution < 1.29 is 14.3 Å². The highest BCUT2D eigenvalue weighted by atomic mass is 16.3. The van der Waals surface area contributed by atoms with Crippen molar-refractivity contribution in [2.24, 2.45) is 11.8 Å². The highest BCUT2D eigenvalue weighted by Crippen LogP contribution is 2.47. The van der Waals surface area contributed by atoms with E-state index >= 15 is 0 Å². The zero-order chi connectivity index (χ0) is 13.1. The van der Waals surface area contributed by atoms with Crippen molar-refractivity contribution in [2.75, 3.05) is 6.61 Å². The summed E-state index contributed by atoms with van der Waals surface area (Å²) < 4.78 is 5.32. The molecule has 0 radical (unpaired) electrons. The van der Waals surface area contributed by atoms with E-state index in [1.807, 2.05) is 12.1 Å². The fraction of sp³-hybridized carbons (Fsp3) is 0.643. The molecule has 3 unspecified atom stereocenters. The van der Waals surface area contributed by atoms with Gasteiger partial charge in [0, 0.05) is 24.5 Å². The van der Waals surface area contributed by atoms with Crippen molar-refractivity contribution in [1.29, 1.82) is 0 Å². The number of nitrogens with one attached hydrogen (secondary N) is 1. The van der Waals surface area contributed by atoms with Crippen molar-refractivity contribution >= 4 is 5.91 Å². The Morgan fingerprint density at radius 2 is 2.39 bits per heavy atom. The average molecular weight is 251 g/mol. The van der Waals surface area contributed by atoms with E-state index in [9.17, 15) is 4.79 Å². The number of hydrogen-bond acceptors (Lipinski definition) is 3. The van der Waals surface area contributed by atoms with E-state index in [1.165, 1.54) is 0 Å². The first-order chi connectivity index (χ1) is 8.63. The number of furan rings is 1. The molecular formula is C14H21NO3. The Morgan fingerprint density at radius 3 is 2.94 bits per heavy atom. The molecule has 4 heteroatoms. The van der Waals surface area contributed by atoms with Gasteiger partial charge in [-0.05, 0) is 30.9 Å². The maximum Gasteiger partial charge on any atom is 0.224 e. The molecule has 0 spiro atoms. The van der Waals surface area contributed by atoms with Gasteiger partial charge in [-0.1, -0.05) is 13.8 Å². The van der Waals surface area contributed by atoms with Gasteiger partial charge in [0.15, 0.2) is 0 Å². The zero-order valence-corrected chi connectivity index (χ0v) is 10.9. The van der Waals surface area contributed by atoms with Crippen LogP contribution < -0.4 is 5.32 Å². The maximum absolute atomic E-state index is 12.1. The van der Waals surface area contributed by atoms with Crippen LogP contribution in [0, 0.1) is 11.8 Å². The SMILES string of the molecule is CC(C)C(CCO)NC(=O)C1CC1c1ccco1. The standard InChI is InChI=1S/C14H21NO3/c1-9(2)12(5-6-16)15-14(17)11-8-10(11)13-4-3-7-18-13/h3-4,7,9-12,16H,5-6,8H2,1-2H3,(H,15,17). The van der Waals surface area contributed by atoms with Crippen LogP contribution in [0.4, 0.5) is 0 Å². The molecule has 1 aromatic heterocycles. The highest BCUT2D eigenvalue weighted by molar-refractivity contribution is 5.83. The van der Waals surface area contributed by atoms with Crippen LogP contribution in [0.15, 0.2) is 22.8 Å². The summed E-state index contributed by atoms with van der Waals surface area (Å²) in [7, 11) is 0. The molecule has 1 aliphatic rings. The Balaban J connectivity index is 1.86. The Hall–Kier alpha value is -1.29. The molecule has 0 saturated heterocycles. The minimum Gasteiger partial charge on any atom is -0.469 e. The third kappa shape index (κ3) is 2.93. The van der Waals surface area contributed by atoms with Crippen molar-refractivity contribution in [3.63, 3.8) is 0 Å². The topological polar surface area (TPSA) is 62.5 Å². The van der Waals surface area contributed by atoms with Crippen LogP contribution >= 0.6 is 0 Å². The zero-order valence-electron chi connectivity index (χ0n) is 10.9. The lowest BCUT2D eigenvalue weighted by Crippen LogP contribution is -2.40. The molecule has 0 aromatic carbocycles. The summed E-state index contributed by atoms with van der Waals surface area (Å²) in [6, 6.07) is 3.83. The molecule has 0 aliphatic heterocycles. The van der Waals surface area contributed by atoms with E-state index in [0.29, 0.717) is 12.3 Å². The van der Waals surface area contributed by atoms with Gasteiger partial charge >= 0.3 is 0 Å². The molecule has 4 nitrogen and oxygen atoms in total. The lowest BCUT2D eigenvalue weighted by molar-refractivity contribution is -0.123. The lowest BCUT2D eigenvalue weighted by atomic mass is 10.0. The minimum absolute atomic E-state index is 0.0380. The second-order valence-electron chi connectivity index (χ2n) is 5.34. The van der Waals surface area contributed by atoms with Gasteiger partial charge in [-0.2, -0.15) is 0 Å². The van der Waals surface area contributed by atoms with Crippen LogP contribution in [0.3, 0.4) is 0 Å². The third-order valence-electron chi connectivity index (χ3n) is 3.61. The number of aliphatic hydroxyl groups is 1. The summed E-state index contributed by atoms with van der Waals surface area (Å²) in [6.45, 7) is 4.21. The molecular weight excluding hydrogens is 230 g/mol. The molecule has 18 heavy (non-hydrogen) atoms. The van der Waals surface area contributed by atoms with E-state index in [4.69, 9.17) is 9.52 Å². The summed E-state index contributed by atoms with van der Waals surface area (Å²) in [6.07, 6.45) is 3.12. The number of carbonyl (C=O) groups is 1.